The van der Waals surface area contributed by atoms with Crippen LogP contribution >= 0.6 is 11.6 Å². The average molecular weight is 276 g/mol. The van der Waals surface area contributed by atoms with Crippen LogP contribution in [-0.2, 0) is 6.54 Å². The normalized spacial score (nSPS) is 10.3. The average Bonchev–Trinajstić information content (AvgIpc) is 2.37. The van der Waals surface area contributed by atoms with Gasteiger partial charge in [-0.1, -0.05) is 23.7 Å². The number of nitrogens with one attached hydrogen (secondary N) is 1. The summed E-state index contributed by atoms with van der Waals surface area (Å²) in [7, 11) is 0. The molecule has 98 valence electrons. The first-order chi connectivity index (χ1) is 9.06. The Bertz CT molecular complexity index is 596. The van der Waals surface area contributed by atoms with E-state index < -0.39 is 0 Å². The Labute approximate surface area is 116 Å². The van der Waals surface area contributed by atoms with E-state index in [1.54, 1.807) is 32.2 Å². The maximum absolute atomic E-state index is 12.0. The van der Waals surface area contributed by atoms with E-state index in [2.05, 4.69) is 15.3 Å². The van der Waals surface area contributed by atoms with Gasteiger partial charge in [-0.2, -0.15) is 0 Å². The highest BCUT2D eigenvalue weighted by Crippen LogP contribution is 2.10. The van der Waals surface area contributed by atoms with Gasteiger partial charge >= 0.3 is 0 Å². The van der Waals surface area contributed by atoms with Crippen LogP contribution in [0.4, 0.5) is 0 Å². The number of carbonyl (C=O) groups is 1. The van der Waals surface area contributed by atoms with E-state index in [9.17, 15) is 4.79 Å². The zero-order valence-electron chi connectivity index (χ0n) is 10.8. The number of hydrogen-bond donors (Lipinski definition) is 1. The molecule has 1 N–H and O–H groups in total. The van der Waals surface area contributed by atoms with Crippen molar-refractivity contribution in [1.82, 2.24) is 15.3 Å². The maximum Gasteiger partial charge on any atom is 0.254 e. The van der Waals surface area contributed by atoms with Gasteiger partial charge in [-0.05, 0) is 31.5 Å². The molecular weight excluding hydrogens is 262 g/mol. The summed E-state index contributed by atoms with van der Waals surface area (Å²) in [4.78, 5) is 20.2. The molecular formula is C14H14ClN3O. The number of benzene rings is 1. The minimum atomic E-state index is -0.174. The summed E-state index contributed by atoms with van der Waals surface area (Å²) in [5.74, 6) is 0.485. The fourth-order valence-electron chi connectivity index (χ4n) is 1.69. The van der Waals surface area contributed by atoms with Crippen molar-refractivity contribution in [3.8, 4) is 0 Å². The molecule has 4 nitrogen and oxygen atoms in total. The molecule has 0 saturated carbocycles. The van der Waals surface area contributed by atoms with Crippen LogP contribution in [0.15, 0.2) is 30.5 Å². The minimum Gasteiger partial charge on any atom is -0.348 e. The lowest BCUT2D eigenvalue weighted by Gasteiger charge is -2.07. The molecule has 1 aromatic carbocycles. The fourth-order valence-corrected chi connectivity index (χ4v) is 1.81. The van der Waals surface area contributed by atoms with E-state index in [4.69, 9.17) is 11.6 Å². The molecule has 0 fully saturated rings. The first kappa shape index (κ1) is 13.5. The quantitative estimate of drug-likeness (QED) is 0.937. The van der Waals surface area contributed by atoms with Crippen LogP contribution in [0.2, 0.25) is 5.02 Å². The topological polar surface area (TPSA) is 54.9 Å². The SMILES string of the molecule is Cc1ncc(C(=O)NCc2ccc(Cl)cc2)c(C)n1. The number of hydrogen-bond acceptors (Lipinski definition) is 3. The van der Waals surface area contributed by atoms with Crippen LogP contribution < -0.4 is 5.32 Å². The van der Waals surface area contributed by atoms with Crippen LogP contribution in [0.5, 0.6) is 0 Å². The van der Waals surface area contributed by atoms with Gasteiger partial charge in [-0.3, -0.25) is 4.79 Å². The van der Waals surface area contributed by atoms with E-state index in [1.807, 2.05) is 12.1 Å². The molecule has 0 aliphatic heterocycles. The maximum atomic E-state index is 12.0. The first-order valence-electron chi connectivity index (χ1n) is 5.89. The third-order valence-electron chi connectivity index (χ3n) is 2.71. The number of amides is 1. The van der Waals surface area contributed by atoms with E-state index in [-0.39, 0.29) is 5.91 Å². The summed E-state index contributed by atoms with van der Waals surface area (Å²) in [6.07, 6.45) is 1.55. The molecule has 2 rings (SSSR count). The van der Waals surface area contributed by atoms with Crippen molar-refractivity contribution in [2.45, 2.75) is 20.4 Å². The van der Waals surface area contributed by atoms with Gasteiger partial charge in [0.2, 0.25) is 0 Å². The van der Waals surface area contributed by atoms with E-state index in [0.717, 1.165) is 5.56 Å². The smallest absolute Gasteiger partial charge is 0.254 e. The molecule has 0 atom stereocenters. The zero-order chi connectivity index (χ0) is 13.8. The summed E-state index contributed by atoms with van der Waals surface area (Å²) in [5, 5.41) is 3.51. The molecule has 5 heteroatoms. The van der Waals surface area contributed by atoms with Crippen LogP contribution in [0.25, 0.3) is 0 Å². The van der Waals surface area contributed by atoms with Gasteiger partial charge in [-0.15, -0.1) is 0 Å². The molecule has 2 aromatic rings. The summed E-state index contributed by atoms with van der Waals surface area (Å²) >= 11 is 5.80. The number of rotatable bonds is 3. The van der Waals surface area contributed by atoms with Crippen molar-refractivity contribution in [3.63, 3.8) is 0 Å². The lowest BCUT2D eigenvalue weighted by Crippen LogP contribution is -2.24. The minimum absolute atomic E-state index is 0.174. The van der Waals surface area contributed by atoms with Crippen LogP contribution in [0.3, 0.4) is 0 Å². The third-order valence-corrected chi connectivity index (χ3v) is 2.96. The van der Waals surface area contributed by atoms with Gasteiger partial charge in [-0.25, -0.2) is 9.97 Å². The van der Waals surface area contributed by atoms with E-state index in [1.165, 1.54) is 0 Å². The Balaban J connectivity index is 2.03. The summed E-state index contributed by atoms with van der Waals surface area (Å²) in [6, 6.07) is 7.34. The molecule has 0 bridgehead atoms. The van der Waals surface area contributed by atoms with E-state index in [0.29, 0.717) is 28.6 Å². The van der Waals surface area contributed by atoms with Crippen LogP contribution in [0, 0.1) is 13.8 Å². The molecule has 1 aromatic heterocycles. The second-order valence-electron chi connectivity index (χ2n) is 4.23. The zero-order valence-corrected chi connectivity index (χ0v) is 11.5. The van der Waals surface area contributed by atoms with Gasteiger partial charge in [0.15, 0.2) is 0 Å². The summed E-state index contributed by atoms with van der Waals surface area (Å²) < 4.78 is 0. The number of nitrogens with zero attached hydrogens (tertiary/aromatic N) is 2. The monoisotopic (exact) mass is 275 g/mol. The molecule has 19 heavy (non-hydrogen) atoms. The van der Waals surface area contributed by atoms with Crippen LogP contribution in [0.1, 0.15) is 27.4 Å². The molecule has 1 heterocycles. The third kappa shape index (κ3) is 3.51. The Kier molecular flexibility index (Phi) is 4.12. The van der Waals surface area contributed by atoms with Gasteiger partial charge in [0.25, 0.3) is 5.91 Å². The highest BCUT2D eigenvalue weighted by atomic mass is 35.5. The molecule has 0 spiro atoms. The molecule has 0 saturated heterocycles. The Morgan fingerprint density at radius 3 is 2.58 bits per heavy atom. The summed E-state index contributed by atoms with van der Waals surface area (Å²) in [5.41, 5.74) is 2.17. The lowest BCUT2D eigenvalue weighted by molar-refractivity contribution is 0.0949. The second kappa shape index (κ2) is 5.80. The summed E-state index contributed by atoms with van der Waals surface area (Å²) in [6.45, 7) is 4.04. The van der Waals surface area contributed by atoms with Crippen molar-refractivity contribution in [2.75, 3.05) is 0 Å². The van der Waals surface area contributed by atoms with Crippen molar-refractivity contribution >= 4 is 17.5 Å². The molecule has 0 unspecified atom stereocenters. The molecule has 1 amide bonds. The molecule has 0 aliphatic carbocycles. The van der Waals surface area contributed by atoms with Crippen molar-refractivity contribution in [3.05, 3.63) is 58.1 Å². The predicted octanol–water partition coefficient (Wildman–Crippen LogP) is 2.68. The highest BCUT2D eigenvalue weighted by Gasteiger charge is 2.10. The Hall–Kier alpha value is -1.94. The van der Waals surface area contributed by atoms with Crippen molar-refractivity contribution in [1.29, 1.82) is 0 Å². The van der Waals surface area contributed by atoms with Crippen LogP contribution in [-0.4, -0.2) is 15.9 Å². The highest BCUT2D eigenvalue weighted by molar-refractivity contribution is 6.30. The molecule has 0 radical (unpaired) electrons. The van der Waals surface area contributed by atoms with E-state index >= 15 is 0 Å². The van der Waals surface area contributed by atoms with Crippen molar-refractivity contribution in [2.24, 2.45) is 0 Å². The van der Waals surface area contributed by atoms with Gasteiger partial charge < -0.3 is 5.32 Å². The standard InChI is InChI=1S/C14H14ClN3O/c1-9-13(8-16-10(2)18-9)14(19)17-7-11-3-5-12(15)6-4-11/h3-6,8H,7H2,1-2H3,(H,17,19). The lowest BCUT2D eigenvalue weighted by atomic mass is 10.2. The van der Waals surface area contributed by atoms with Gasteiger partial charge in [0, 0.05) is 17.8 Å². The number of aromatic nitrogens is 2. The fraction of sp³-hybridized carbons (Fsp3) is 0.214. The molecule has 0 aliphatic rings. The Morgan fingerprint density at radius 2 is 1.95 bits per heavy atom. The number of halogens is 1. The predicted molar refractivity (Wildman–Crippen MR) is 74.1 cm³/mol. The largest absolute Gasteiger partial charge is 0.348 e. The van der Waals surface area contributed by atoms with Gasteiger partial charge in [0.1, 0.15) is 5.82 Å². The Morgan fingerprint density at radius 1 is 1.26 bits per heavy atom. The number of carbonyl (C=O) groups excluding carboxylic acids is 1. The number of aryl methyl sites for hydroxylation is 2. The second-order valence-corrected chi connectivity index (χ2v) is 4.66. The first-order valence-corrected chi connectivity index (χ1v) is 6.27. The van der Waals surface area contributed by atoms with Crippen molar-refractivity contribution < 1.29 is 4.79 Å². The van der Waals surface area contributed by atoms with Gasteiger partial charge in [0.05, 0.1) is 11.3 Å².